The summed E-state index contributed by atoms with van der Waals surface area (Å²) in [6, 6.07) is 2.74. The van der Waals surface area contributed by atoms with Gasteiger partial charge in [-0.15, -0.1) is 25.5 Å². The number of nitrogens with one attached hydrogen (secondary N) is 1. The van der Waals surface area contributed by atoms with Crippen LogP contribution in [0.3, 0.4) is 0 Å². The molecule has 4 heterocycles. The molecule has 1 N–H and O–H groups in total. The maximum absolute atomic E-state index is 13.0. The van der Waals surface area contributed by atoms with E-state index >= 15 is 0 Å². The molecular weight excluding hydrogens is 337 g/mol. The molecule has 8 nitrogen and oxygen atoms in total. The minimum atomic E-state index is -4.62. The van der Waals surface area contributed by atoms with E-state index in [-0.39, 0.29) is 17.5 Å². The number of nitrogens with zero attached hydrogens (tertiary/aromatic N) is 7. The van der Waals surface area contributed by atoms with Crippen LogP contribution >= 0.6 is 0 Å². The van der Waals surface area contributed by atoms with Gasteiger partial charge in [0.2, 0.25) is 0 Å². The molecule has 3 aromatic rings. The van der Waals surface area contributed by atoms with Gasteiger partial charge in [0.05, 0.1) is 6.04 Å². The van der Waals surface area contributed by atoms with E-state index in [4.69, 9.17) is 0 Å². The number of rotatable bonds is 3. The topological polar surface area (TPSA) is 85.8 Å². The zero-order valence-electron chi connectivity index (χ0n) is 13.3. The lowest BCUT2D eigenvalue weighted by atomic mass is 10.1. The Hall–Kier alpha value is -2.72. The summed E-state index contributed by atoms with van der Waals surface area (Å²) >= 11 is 0. The molecule has 1 unspecified atom stereocenters. The van der Waals surface area contributed by atoms with Gasteiger partial charge in [0, 0.05) is 13.0 Å². The Morgan fingerprint density at radius 2 is 1.96 bits per heavy atom. The van der Waals surface area contributed by atoms with E-state index in [0.717, 1.165) is 37.5 Å². The molecule has 0 spiro atoms. The Morgan fingerprint density at radius 1 is 1.12 bits per heavy atom. The van der Waals surface area contributed by atoms with Gasteiger partial charge in [0.15, 0.2) is 11.5 Å². The number of aromatic nitrogens is 7. The van der Waals surface area contributed by atoms with Crippen molar-refractivity contribution in [3.05, 3.63) is 29.6 Å². The van der Waals surface area contributed by atoms with Gasteiger partial charge in [0.1, 0.15) is 11.6 Å². The van der Waals surface area contributed by atoms with E-state index < -0.39 is 12.0 Å². The molecule has 0 aromatic carbocycles. The molecule has 1 aliphatic heterocycles. The lowest BCUT2D eigenvalue weighted by Crippen LogP contribution is -2.19. The smallest absolute Gasteiger partial charge is 0.359 e. The second-order valence-electron chi connectivity index (χ2n) is 5.96. The highest BCUT2D eigenvalue weighted by Gasteiger charge is 2.37. The van der Waals surface area contributed by atoms with Crippen LogP contribution in [-0.2, 0) is 19.1 Å². The highest BCUT2D eigenvalue weighted by molar-refractivity contribution is 5.45. The van der Waals surface area contributed by atoms with Gasteiger partial charge in [-0.3, -0.25) is 0 Å². The number of alkyl halides is 3. The monoisotopic (exact) mass is 352 g/mol. The average Bonchev–Trinajstić information content (AvgIpc) is 3.18. The lowest BCUT2D eigenvalue weighted by molar-refractivity contribution is -0.146. The fraction of sp³-hybridized carbons (Fsp3) is 0.500. The SMILES string of the molecule is CC(Nc1ccc2nnc(C(F)(F)F)n2n1)c1nnc2n1CCCC2. The van der Waals surface area contributed by atoms with Gasteiger partial charge in [-0.25, -0.2) is 0 Å². The van der Waals surface area contributed by atoms with Gasteiger partial charge in [-0.1, -0.05) is 0 Å². The van der Waals surface area contributed by atoms with Crippen LogP contribution in [0.1, 0.15) is 43.3 Å². The summed E-state index contributed by atoms with van der Waals surface area (Å²) in [7, 11) is 0. The van der Waals surface area contributed by atoms with Gasteiger partial charge >= 0.3 is 6.18 Å². The molecule has 4 rings (SSSR count). The van der Waals surface area contributed by atoms with Gasteiger partial charge in [-0.05, 0) is 31.9 Å². The van der Waals surface area contributed by atoms with E-state index in [1.807, 2.05) is 6.92 Å². The first kappa shape index (κ1) is 15.8. The second-order valence-corrected chi connectivity index (χ2v) is 5.96. The molecule has 0 saturated heterocycles. The number of fused-ring (bicyclic) bond motifs is 2. The number of aryl methyl sites for hydroxylation is 1. The van der Waals surface area contributed by atoms with Crippen molar-refractivity contribution in [1.82, 2.24) is 34.6 Å². The highest BCUT2D eigenvalue weighted by atomic mass is 19.4. The Balaban J connectivity index is 1.63. The van der Waals surface area contributed by atoms with Crippen LogP contribution in [0, 0.1) is 0 Å². The molecule has 0 saturated carbocycles. The lowest BCUT2D eigenvalue weighted by Gasteiger charge is -2.19. The molecular formula is C14H15F3N8. The van der Waals surface area contributed by atoms with E-state index in [9.17, 15) is 13.2 Å². The molecule has 1 aliphatic rings. The van der Waals surface area contributed by atoms with E-state index in [1.165, 1.54) is 6.07 Å². The highest BCUT2D eigenvalue weighted by Crippen LogP contribution is 2.28. The number of halogens is 3. The van der Waals surface area contributed by atoms with Crippen LogP contribution in [0.2, 0.25) is 0 Å². The molecule has 0 bridgehead atoms. The second kappa shape index (κ2) is 5.67. The Kier molecular flexibility index (Phi) is 3.58. The maximum atomic E-state index is 13.0. The van der Waals surface area contributed by atoms with Crippen molar-refractivity contribution >= 4 is 11.5 Å². The van der Waals surface area contributed by atoms with Gasteiger partial charge < -0.3 is 9.88 Å². The summed E-state index contributed by atoms with van der Waals surface area (Å²) in [6.07, 6.45) is -1.58. The van der Waals surface area contributed by atoms with Crippen LogP contribution in [0.25, 0.3) is 5.65 Å². The largest absolute Gasteiger partial charge is 0.453 e. The summed E-state index contributed by atoms with van der Waals surface area (Å²) in [6.45, 7) is 2.72. The number of anilines is 1. The Labute approximate surface area is 140 Å². The molecule has 25 heavy (non-hydrogen) atoms. The molecule has 3 aromatic heterocycles. The van der Waals surface area contributed by atoms with E-state index in [2.05, 4.69) is 35.4 Å². The molecule has 0 amide bonds. The third kappa shape index (κ3) is 2.79. The quantitative estimate of drug-likeness (QED) is 0.778. The first-order chi connectivity index (χ1) is 11.9. The van der Waals surface area contributed by atoms with Gasteiger partial charge in [-0.2, -0.15) is 17.7 Å². The summed E-state index contributed by atoms with van der Waals surface area (Å²) in [5.74, 6) is 0.810. The zero-order valence-corrected chi connectivity index (χ0v) is 13.3. The fourth-order valence-corrected chi connectivity index (χ4v) is 2.98. The summed E-state index contributed by atoms with van der Waals surface area (Å²) < 4.78 is 41.6. The summed E-state index contributed by atoms with van der Waals surface area (Å²) in [4.78, 5) is 0. The minimum absolute atomic E-state index is 0.0328. The van der Waals surface area contributed by atoms with Crippen LogP contribution in [0.15, 0.2) is 12.1 Å². The van der Waals surface area contributed by atoms with Crippen molar-refractivity contribution in [3.63, 3.8) is 0 Å². The standard InChI is InChI=1S/C14H15F3N8/c1-8(12-21-19-10-4-2-3-7-24(10)12)18-9-5-6-11-20-22-13(14(15,16)17)25(11)23-9/h5-6,8H,2-4,7H2,1H3,(H,18,23). The first-order valence-corrected chi connectivity index (χ1v) is 7.91. The summed E-state index contributed by atoms with van der Waals surface area (Å²) in [5.41, 5.74) is 0.0328. The molecule has 132 valence electrons. The third-order valence-corrected chi connectivity index (χ3v) is 4.16. The first-order valence-electron chi connectivity index (χ1n) is 7.91. The van der Waals surface area contributed by atoms with Crippen molar-refractivity contribution in [2.75, 3.05) is 5.32 Å². The molecule has 11 heteroatoms. The van der Waals surface area contributed by atoms with E-state index in [0.29, 0.717) is 4.52 Å². The van der Waals surface area contributed by atoms with Crippen LogP contribution in [-0.4, -0.2) is 34.6 Å². The van der Waals surface area contributed by atoms with Crippen LogP contribution < -0.4 is 5.32 Å². The van der Waals surface area contributed by atoms with Crippen LogP contribution in [0.4, 0.5) is 19.0 Å². The number of hydrogen-bond donors (Lipinski definition) is 1. The Morgan fingerprint density at radius 3 is 2.76 bits per heavy atom. The van der Waals surface area contributed by atoms with Crippen molar-refractivity contribution < 1.29 is 13.2 Å². The molecule has 0 fully saturated rings. The third-order valence-electron chi connectivity index (χ3n) is 4.16. The van der Waals surface area contributed by atoms with Crippen molar-refractivity contribution in [2.24, 2.45) is 0 Å². The maximum Gasteiger partial charge on any atom is 0.453 e. The van der Waals surface area contributed by atoms with Gasteiger partial charge in [0.25, 0.3) is 5.82 Å². The summed E-state index contributed by atoms with van der Waals surface area (Å²) in [5, 5.41) is 22.1. The average molecular weight is 352 g/mol. The van der Waals surface area contributed by atoms with Crippen molar-refractivity contribution in [2.45, 2.75) is 44.9 Å². The van der Waals surface area contributed by atoms with E-state index in [1.54, 1.807) is 6.07 Å². The predicted molar refractivity (Wildman–Crippen MR) is 80.8 cm³/mol. The predicted octanol–water partition coefficient (Wildman–Crippen LogP) is 2.24. The van der Waals surface area contributed by atoms with Crippen molar-refractivity contribution in [3.8, 4) is 0 Å². The molecule has 1 atom stereocenters. The minimum Gasteiger partial charge on any atom is -0.359 e. The number of hydrogen-bond acceptors (Lipinski definition) is 6. The Bertz CT molecular complexity index is 913. The van der Waals surface area contributed by atoms with Crippen LogP contribution in [0.5, 0.6) is 0 Å². The van der Waals surface area contributed by atoms with Crippen molar-refractivity contribution in [1.29, 1.82) is 0 Å². The molecule has 0 aliphatic carbocycles. The zero-order chi connectivity index (χ0) is 17.6. The molecule has 0 radical (unpaired) electrons. The normalized spacial score (nSPS) is 16.0. The fourth-order valence-electron chi connectivity index (χ4n) is 2.98.